The number of benzene rings is 1. The van der Waals surface area contributed by atoms with Crippen LogP contribution in [0.1, 0.15) is 22.9 Å². The van der Waals surface area contributed by atoms with E-state index in [1.807, 2.05) is 0 Å². The van der Waals surface area contributed by atoms with E-state index < -0.39 is 9.75 Å². The SMILES string of the molecule is CC(=O)C(Br)c1cccc(CBr)c1[N+](=O)[O-]. The molecule has 4 nitrogen and oxygen atoms in total. The molecule has 0 radical (unpaired) electrons. The van der Waals surface area contributed by atoms with Gasteiger partial charge in [0.05, 0.1) is 10.5 Å². The smallest absolute Gasteiger partial charge is 0.278 e. The fraction of sp³-hybridized carbons (Fsp3) is 0.300. The summed E-state index contributed by atoms with van der Waals surface area (Å²) >= 11 is 6.36. The van der Waals surface area contributed by atoms with Gasteiger partial charge in [-0.1, -0.05) is 50.1 Å². The molecule has 6 heteroatoms. The number of carbonyl (C=O) groups is 1. The zero-order valence-corrected chi connectivity index (χ0v) is 11.6. The van der Waals surface area contributed by atoms with Gasteiger partial charge in [0.25, 0.3) is 5.69 Å². The Morgan fingerprint density at radius 3 is 2.62 bits per heavy atom. The summed E-state index contributed by atoms with van der Waals surface area (Å²) in [5, 5.41) is 11.4. The highest BCUT2D eigenvalue weighted by Crippen LogP contribution is 2.34. The zero-order chi connectivity index (χ0) is 12.3. The van der Waals surface area contributed by atoms with Crippen LogP contribution < -0.4 is 0 Å². The first kappa shape index (κ1) is 13.3. The summed E-state index contributed by atoms with van der Waals surface area (Å²) in [6.07, 6.45) is 0. The first-order valence-electron chi connectivity index (χ1n) is 4.45. The van der Waals surface area contributed by atoms with Crippen LogP contribution >= 0.6 is 31.9 Å². The van der Waals surface area contributed by atoms with Crippen LogP contribution in [0, 0.1) is 10.1 Å². The second-order valence-corrected chi connectivity index (χ2v) is 4.70. The summed E-state index contributed by atoms with van der Waals surface area (Å²) in [6.45, 7) is 1.39. The molecule has 1 aromatic rings. The fourth-order valence-corrected chi connectivity index (χ4v) is 2.19. The maximum absolute atomic E-state index is 11.2. The lowest BCUT2D eigenvalue weighted by Gasteiger charge is -2.09. The number of para-hydroxylation sites is 1. The Hall–Kier alpha value is -0.750. The number of Topliss-reactive ketones (excluding diaryl/α,β-unsaturated/α-hetero) is 1. The minimum Gasteiger partial charge on any atom is -0.298 e. The van der Waals surface area contributed by atoms with E-state index >= 15 is 0 Å². The van der Waals surface area contributed by atoms with Crippen molar-refractivity contribution in [2.24, 2.45) is 0 Å². The number of nitro groups is 1. The lowest BCUT2D eigenvalue weighted by Crippen LogP contribution is -2.06. The van der Waals surface area contributed by atoms with Crippen LogP contribution in [0.25, 0.3) is 0 Å². The Kier molecular flexibility index (Phi) is 4.61. The Balaban J connectivity index is 3.38. The van der Waals surface area contributed by atoms with Crippen LogP contribution in [-0.4, -0.2) is 10.7 Å². The van der Waals surface area contributed by atoms with Crippen molar-refractivity contribution in [3.63, 3.8) is 0 Å². The number of nitrogens with zero attached hydrogens (tertiary/aromatic N) is 1. The Morgan fingerprint density at radius 2 is 2.19 bits per heavy atom. The Morgan fingerprint density at radius 1 is 1.56 bits per heavy atom. The van der Waals surface area contributed by atoms with E-state index in [1.165, 1.54) is 6.92 Å². The molecule has 0 aliphatic carbocycles. The van der Waals surface area contributed by atoms with Crippen LogP contribution in [-0.2, 0) is 10.1 Å². The van der Waals surface area contributed by atoms with Crippen molar-refractivity contribution >= 4 is 43.3 Å². The maximum atomic E-state index is 11.2. The predicted octanol–water partition coefficient (Wildman–Crippen LogP) is 3.51. The summed E-state index contributed by atoms with van der Waals surface area (Å²) < 4.78 is 0. The molecule has 0 saturated carbocycles. The minimum absolute atomic E-state index is 0.00329. The third kappa shape index (κ3) is 2.68. The van der Waals surface area contributed by atoms with Crippen LogP contribution in [0.15, 0.2) is 18.2 Å². The number of halogens is 2. The first-order valence-corrected chi connectivity index (χ1v) is 6.49. The third-order valence-electron chi connectivity index (χ3n) is 2.11. The van der Waals surface area contributed by atoms with Gasteiger partial charge in [0.1, 0.15) is 10.6 Å². The van der Waals surface area contributed by atoms with Gasteiger partial charge in [-0.2, -0.15) is 0 Å². The van der Waals surface area contributed by atoms with Crippen LogP contribution in [0.5, 0.6) is 0 Å². The third-order valence-corrected chi connectivity index (χ3v) is 3.85. The van der Waals surface area contributed by atoms with Crippen LogP contribution in [0.3, 0.4) is 0 Å². The van der Waals surface area contributed by atoms with Crippen LogP contribution in [0.2, 0.25) is 0 Å². The normalized spacial score (nSPS) is 12.2. The largest absolute Gasteiger partial charge is 0.298 e. The zero-order valence-electron chi connectivity index (χ0n) is 8.44. The van der Waals surface area contributed by atoms with Crippen LogP contribution in [0.4, 0.5) is 5.69 Å². The van der Waals surface area contributed by atoms with Crippen molar-refractivity contribution in [1.29, 1.82) is 0 Å². The predicted molar refractivity (Wildman–Crippen MR) is 68.1 cm³/mol. The van der Waals surface area contributed by atoms with Gasteiger partial charge in [-0.05, 0) is 6.92 Å². The summed E-state index contributed by atoms with van der Waals surface area (Å²) in [6, 6.07) is 4.96. The number of hydrogen-bond acceptors (Lipinski definition) is 3. The fourth-order valence-electron chi connectivity index (χ4n) is 1.37. The summed E-state index contributed by atoms with van der Waals surface area (Å²) in [5.41, 5.74) is 0.958. The molecule has 0 N–H and O–H groups in total. The minimum atomic E-state index is -0.633. The van der Waals surface area contributed by atoms with Crippen molar-refractivity contribution in [3.8, 4) is 0 Å². The monoisotopic (exact) mass is 349 g/mol. The van der Waals surface area contributed by atoms with Gasteiger partial charge < -0.3 is 0 Å². The number of ketones is 1. The van der Waals surface area contributed by atoms with Crippen molar-refractivity contribution < 1.29 is 9.72 Å². The van der Waals surface area contributed by atoms with Crippen molar-refractivity contribution in [1.82, 2.24) is 0 Å². The molecule has 0 aliphatic heterocycles. The van der Waals surface area contributed by atoms with Gasteiger partial charge >= 0.3 is 0 Å². The highest BCUT2D eigenvalue weighted by atomic mass is 79.9. The second kappa shape index (κ2) is 5.54. The Bertz CT molecular complexity index is 434. The van der Waals surface area contributed by atoms with E-state index in [2.05, 4.69) is 31.9 Å². The molecule has 1 atom stereocenters. The van der Waals surface area contributed by atoms with Gasteiger partial charge in [0, 0.05) is 10.9 Å². The van der Waals surface area contributed by atoms with Gasteiger partial charge in [-0.15, -0.1) is 0 Å². The molecule has 86 valence electrons. The van der Waals surface area contributed by atoms with E-state index in [1.54, 1.807) is 18.2 Å². The molecular weight excluding hydrogens is 342 g/mol. The quantitative estimate of drug-likeness (QED) is 0.474. The first-order chi connectivity index (χ1) is 7.49. The second-order valence-electron chi connectivity index (χ2n) is 3.22. The number of alkyl halides is 2. The summed E-state index contributed by atoms with van der Waals surface area (Å²) in [4.78, 5) is 21.1. The average molecular weight is 351 g/mol. The van der Waals surface area contributed by atoms with Gasteiger partial charge in [0.15, 0.2) is 0 Å². The van der Waals surface area contributed by atoms with E-state index in [0.717, 1.165) is 0 Å². The Labute approximate surface area is 109 Å². The average Bonchev–Trinajstić information content (AvgIpc) is 2.26. The molecule has 1 aromatic carbocycles. The van der Waals surface area contributed by atoms with Crippen molar-refractivity contribution in [3.05, 3.63) is 39.4 Å². The highest BCUT2D eigenvalue weighted by molar-refractivity contribution is 9.09. The standard InChI is InChI=1S/C10H9Br2NO3/c1-6(14)9(12)8-4-2-3-7(5-11)10(8)13(15)16/h2-4,9H,5H2,1H3. The molecule has 0 amide bonds. The number of nitro benzene ring substituents is 1. The summed E-state index contributed by atoms with van der Waals surface area (Å²) in [7, 11) is 0. The highest BCUT2D eigenvalue weighted by Gasteiger charge is 2.25. The topological polar surface area (TPSA) is 60.2 Å². The molecule has 0 bridgehead atoms. The van der Waals surface area contributed by atoms with Gasteiger partial charge in [-0.25, -0.2) is 0 Å². The van der Waals surface area contributed by atoms with Gasteiger partial charge in [-0.3, -0.25) is 14.9 Å². The molecule has 1 unspecified atom stereocenters. The van der Waals surface area contributed by atoms with E-state index in [4.69, 9.17) is 0 Å². The van der Waals surface area contributed by atoms with E-state index in [9.17, 15) is 14.9 Å². The van der Waals surface area contributed by atoms with Crippen molar-refractivity contribution in [2.75, 3.05) is 0 Å². The maximum Gasteiger partial charge on any atom is 0.278 e. The molecular formula is C10H9Br2NO3. The molecule has 0 aromatic heterocycles. The van der Waals surface area contributed by atoms with Gasteiger partial charge in [0.2, 0.25) is 0 Å². The molecule has 16 heavy (non-hydrogen) atoms. The molecule has 0 spiro atoms. The number of carbonyl (C=O) groups excluding carboxylic acids is 1. The number of hydrogen-bond donors (Lipinski definition) is 0. The molecule has 0 saturated heterocycles. The molecule has 0 aliphatic rings. The molecule has 0 heterocycles. The lowest BCUT2D eigenvalue weighted by atomic mass is 10.0. The van der Waals surface area contributed by atoms with E-state index in [-0.39, 0.29) is 11.5 Å². The lowest BCUT2D eigenvalue weighted by molar-refractivity contribution is -0.386. The van der Waals surface area contributed by atoms with E-state index in [0.29, 0.717) is 16.5 Å². The number of rotatable bonds is 4. The summed E-state index contributed by atoms with van der Waals surface area (Å²) in [5.74, 6) is -0.158. The molecule has 1 rings (SSSR count). The van der Waals surface area contributed by atoms with Crippen molar-refractivity contribution in [2.45, 2.75) is 17.1 Å². The molecule has 0 fully saturated rings.